The normalized spacial score (nSPS) is 20.3. The summed E-state index contributed by atoms with van der Waals surface area (Å²) in [6.45, 7) is 2.20. The van der Waals surface area contributed by atoms with Crippen molar-refractivity contribution in [2.45, 2.75) is 26.2 Å². The van der Waals surface area contributed by atoms with E-state index < -0.39 is 0 Å². The molecule has 0 bridgehead atoms. The Hall–Kier alpha value is -1.64. The predicted octanol–water partition coefficient (Wildman–Crippen LogP) is 2.59. The number of Topliss-reactive ketones (excluding diaryl/α,β-unsaturated/α-hetero) is 1. The highest BCUT2D eigenvalue weighted by Gasteiger charge is 2.19. The lowest BCUT2D eigenvalue weighted by molar-refractivity contribution is 0.102. The van der Waals surface area contributed by atoms with Crippen LogP contribution < -0.4 is 5.73 Å². The van der Waals surface area contributed by atoms with Gasteiger partial charge in [-0.25, -0.2) is 4.98 Å². The van der Waals surface area contributed by atoms with E-state index in [2.05, 4.69) is 11.9 Å². The van der Waals surface area contributed by atoms with Crippen LogP contribution in [0.2, 0.25) is 0 Å². The Morgan fingerprint density at radius 2 is 2.38 bits per heavy atom. The first-order valence-electron chi connectivity index (χ1n) is 5.62. The summed E-state index contributed by atoms with van der Waals surface area (Å²) in [7, 11) is 0. The van der Waals surface area contributed by atoms with E-state index in [1.165, 1.54) is 0 Å². The molecule has 1 unspecified atom stereocenters. The van der Waals surface area contributed by atoms with E-state index in [1.54, 1.807) is 18.3 Å². The Bertz CT molecular complexity index is 437. The zero-order valence-electron chi connectivity index (χ0n) is 9.44. The highest BCUT2D eigenvalue weighted by molar-refractivity contribution is 6.11. The number of allylic oxidation sites excluding steroid dienone is 2. The number of nitrogens with two attached hydrogens (primary N) is 1. The SMILES string of the molecule is CC1CC=C(C(=O)c2cccnc2N)CC1. The second-order valence-corrected chi connectivity index (χ2v) is 4.37. The number of aromatic nitrogens is 1. The summed E-state index contributed by atoms with van der Waals surface area (Å²) >= 11 is 0. The molecule has 0 aliphatic heterocycles. The number of carbonyl (C=O) groups excluding carboxylic acids is 1. The molecular weight excluding hydrogens is 200 g/mol. The Morgan fingerprint density at radius 1 is 1.56 bits per heavy atom. The molecule has 84 valence electrons. The number of nitrogens with zero attached hydrogens (tertiary/aromatic N) is 1. The summed E-state index contributed by atoms with van der Waals surface area (Å²) in [6.07, 6.45) is 6.57. The van der Waals surface area contributed by atoms with E-state index in [1.807, 2.05) is 6.08 Å². The Kier molecular flexibility index (Phi) is 3.04. The molecule has 2 rings (SSSR count). The van der Waals surface area contributed by atoms with Gasteiger partial charge in [-0.05, 0) is 42.9 Å². The molecule has 1 heterocycles. The molecule has 0 radical (unpaired) electrons. The van der Waals surface area contributed by atoms with Gasteiger partial charge in [0.2, 0.25) is 0 Å². The van der Waals surface area contributed by atoms with E-state index in [-0.39, 0.29) is 5.78 Å². The van der Waals surface area contributed by atoms with E-state index in [0.717, 1.165) is 24.8 Å². The first-order chi connectivity index (χ1) is 7.68. The molecule has 1 aromatic rings. The van der Waals surface area contributed by atoms with Crippen LogP contribution in [0.3, 0.4) is 0 Å². The van der Waals surface area contributed by atoms with Gasteiger partial charge in [0.15, 0.2) is 5.78 Å². The molecule has 16 heavy (non-hydrogen) atoms. The minimum Gasteiger partial charge on any atom is -0.383 e. The van der Waals surface area contributed by atoms with Crippen LogP contribution in [0.4, 0.5) is 5.82 Å². The Morgan fingerprint density at radius 3 is 3.00 bits per heavy atom. The summed E-state index contributed by atoms with van der Waals surface area (Å²) < 4.78 is 0. The summed E-state index contributed by atoms with van der Waals surface area (Å²) in [5.41, 5.74) is 7.11. The van der Waals surface area contributed by atoms with Crippen molar-refractivity contribution >= 4 is 11.6 Å². The van der Waals surface area contributed by atoms with Crippen molar-refractivity contribution in [3.8, 4) is 0 Å². The average molecular weight is 216 g/mol. The third-order valence-electron chi connectivity index (χ3n) is 3.05. The number of hydrogen-bond donors (Lipinski definition) is 1. The standard InChI is InChI=1S/C13H16N2O/c1-9-4-6-10(7-5-9)12(16)11-3-2-8-15-13(11)14/h2-3,6,8-9H,4-5,7H2,1H3,(H2,14,15). The van der Waals surface area contributed by atoms with E-state index in [4.69, 9.17) is 5.73 Å². The van der Waals surface area contributed by atoms with Gasteiger partial charge < -0.3 is 5.73 Å². The Balaban J connectivity index is 2.23. The maximum Gasteiger partial charge on any atom is 0.192 e. The monoisotopic (exact) mass is 216 g/mol. The van der Waals surface area contributed by atoms with Crippen LogP contribution in [-0.2, 0) is 0 Å². The van der Waals surface area contributed by atoms with Crippen LogP contribution >= 0.6 is 0 Å². The zero-order valence-corrected chi connectivity index (χ0v) is 9.44. The minimum absolute atomic E-state index is 0.0394. The van der Waals surface area contributed by atoms with Gasteiger partial charge in [-0.1, -0.05) is 13.0 Å². The average Bonchev–Trinajstić information content (AvgIpc) is 2.30. The van der Waals surface area contributed by atoms with Crippen LogP contribution in [0.5, 0.6) is 0 Å². The molecule has 2 N–H and O–H groups in total. The quantitative estimate of drug-likeness (QED) is 0.773. The van der Waals surface area contributed by atoms with Crippen molar-refractivity contribution in [2.24, 2.45) is 5.92 Å². The van der Waals surface area contributed by atoms with Crippen LogP contribution in [0.25, 0.3) is 0 Å². The molecule has 1 aliphatic rings. The molecule has 0 fully saturated rings. The largest absolute Gasteiger partial charge is 0.383 e. The minimum atomic E-state index is 0.0394. The van der Waals surface area contributed by atoms with Crippen molar-refractivity contribution in [3.05, 3.63) is 35.5 Å². The van der Waals surface area contributed by atoms with Gasteiger partial charge in [0.05, 0.1) is 5.56 Å². The number of rotatable bonds is 2. The number of nitrogen functional groups attached to an aromatic ring is 1. The number of pyridine rings is 1. The summed E-state index contributed by atoms with van der Waals surface area (Å²) in [5.74, 6) is 1.05. The van der Waals surface area contributed by atoms with Crippen molar-refractivity contribution < 1.29 is 4.79 Å². The van der Waals surface area contributed by atoms with Crippen LogP contribution in [0.15, 0.2) is 30.0 Å². The molecular formula is C13H16N2O. The topological polar surface area (TPSA) is 56.0 Å². The first-order valence-corrected chi connectivity index (χ1v) is 5.62. The smallest absolute Gasteiger partial charge is 0.192 e. The highest BCUT2D eigenvalue weighted by Crippen LogP contribution is 2.26. The van der Waals surface area contributed by atoms with Crippen molar-refractivity contribution in [1.29, 1.82) is 0 Å². The molecule has 3 nitrogen and oxygen atoms in total. The van der Waals surface area contributed by atoms with Crippen molar-refractivity contribution in [2.75, 3.05) is 5.73 Å². The van der Waals surface area contributed by atoms with Gasteiger partial charge in [0, 0.05) is 6.20 Å². The molecule has 0 amide bonds. The maximum atomic E-state index is 12.1. The number of ketones is 1. The molecule has 1 aliphatic carbocycles. The third kappa shape index (κ3) is 2.13. The Labute approximate surface area is 95.4 Å². The second kappa shape index (κ2) is 4.47. The molecule has 0 aromatic carbocycles. The summed E-state index contributed by atoms with van der Waals surface area (Å²) in [4.78, 5) is 16.1. The fourth-order valence-corrected chi connectivity index (χ4v) is 1.95. The summed E-state index contributed by atoms with van der Waals surface area (Å²) in [6, 6.07) is 3.49. The van der Waals surface area contributed by atoms with Gasteiger partial charge in [-0.3, -0.25) is 4.79 Å². The lowest BCUT2D eigenvalue weighted by atomic mass is 9.87. The summed E-state index contributed by atoms with van der Waals surface area (Å²) in [5, 5.41) is 0. The van der Waals surface area contributed by atoms with Gasteiger partial charge in [0.1, 0.15) is 5.82 Å². The fourth-order valence-electron chi connectivity index (χ4n) is 1.95. The van der Waals surface area contributed by atoms with E-state index in [9.17, 15) is 4.79 Å². The van der Waals surface area contributed by atoms with Gasteiger partial charge in [0.25, 0.3) is 0 Å². The molecule has 1 atom stereocenters. The van der Waals surface area contributed by atoms with Crippen LogP contribution in [0.1, 0.15) is 36.5 Å². The maximum absolute atomic E-state index is 12.1. The van der Waals surface area contributed by atoms with E-state index >= 15 is 0 Å². The molecule has 0 saturated carbocycles. The molecule has 3 heteroatoms. The van der Waals surface area contributed by atoms with Crippen molar-refractivity contribution in [1.82, 2.24) is 4.98 Å². The van der Waals surface area contributed by atoms with Gasteiger partial charge in [-0.2, -0.15) is 0 Å². The third-order valence-corrected chi connectivity index (χ3v) is 3.05. The van der Waals surface area contributed by atoms with Gasteiger partial charge in [-0.15, -0.1) is 0 Å². The van der Waals surface area contributed by atoms with Crippen molar-refractivity contribution in [3.63, 3.8) is 0 Å². The van der Waals surface area contributed by atoms with Gasteiger partial charge >= 0.3 is 0 Å². The van der Waals surface area contributed by atoms with Crippen LogP contribution in [0, 0.1) is 5.92 Å². The fraction of sp³-hybridized carbons (Fsp3) is 0.385. The number of anilines is 1. The van der Waals surface area contributed by atoms with E-state index in [0.29, 0.717) is 17.3 Å². The predicted molar refractivity (Wildman–Crippen MR) is 64.1 cm³/mol. The lowest BCUT2D eigenvalue weighted by Crippen LogP contribution is -2.12. The lowest BCUT2D eigenvalue weighted by Gasteiger charge is -2.17. The van der Waals surface area contributed by atoms with Crippen LogP contribution in [-0.4, -0.2) is 10.8 Å². The molecule has 0 saturated heterocycles. The second-order valence-electron chi connectivity index (χ2n) is 4.37. The highest BCUT2D eigenvalue weighted by atomic mass is 16.1. The zero-order chi connectivity index (χ0) is 11.5. The molecule has 0 spiro atoms. The number of hydrogen-bond acceptors (Lipinski definition) is 3. The first kappa shape index (κ1) is 10.9. The molecule has 1 aromatic heterocycles. The number of carbonyl (C=O) groups is 1.